The largest absolute Gasteiger partial charge is 0.507 e. The van der Waals surface area contributed by atoms with E-state index >= 15 is 0 Å². The van der Waals surface area contributed by atoms with Crippen LogP contribution in [0.4, 0.5) is 0 Å². The minimum atomic E-state index is -0.842. The zero-order chi connectivity index (χ0) is 29.2. The van der Waals surface area contributed by atoms with Crippen molar-refractivity contribution in [1.82, 2.24) is 4.90 Å². The van der Waals surface area contributed by atoms with Gasteiger partial charge < -0.3 is 24.2 Å². The number of carbonyl (C=O) groups is 2. The van der Waals surface area contributed by atoms with E-state index in [1.54, 1.807) is 31.4 Å². The number of aliphatic hydroxyl groups excluding tert-OH is 1. The third-order valence-corrected chi connectivity index (χ3v) is 7.65. The number of hydrogen-bond donors (Lipinski definition) is 1. The molecule has 2 atom stereocenters. The minimum absolute atomic E-state index is 0.0304. The molecule has 0 radical (unpaired) electrons. The maximum absolute atomic E-state index is 13.6. The lowest BCUT2D eigenvalue weighted by molar-refractivity contribution is -0.140. The number of Topliss-reactive ketones (excluding diaryl/α,β-unsaturated/α-hetero) is 1. The molecule has 0 bridgehead atoms. The van der Waals surface area contributed by atoms with Crippen LogP contribution in [0.1, 0.15) is 40.8 Å². The summed E-state index contributed by atoms with van der Waals surface area (Å²) < 4.78 is 17.5. The predicted molar refractivity (Wildman–Crippen MR) is 158 cm³/mol. The van der Waals surface area contributed by atoms with E-state index in [2.05, 4.69) is 0 Å². The third kappa shape index (κ3) is 5.21. The number of amides is 1. The molecule has 7 nitrogen and oxygen atoms in total. The van der Waals surface area contributed by atoms with Gasteiger partial charge in [0.05, 0.1) is 18.7 Å². The second-order valence-corrected chi connectivity index (χ2v) is 10.6. The van der Waals surface area contributed by atoms with Crippen molar-refractivity contribution in [3.05, 3.63) is 130 Å². The van der Waals surface area contributed by atoms with Crippen molar-refractivity contribution in [1.29, 1.82) is 0 Å². The van der Waals surface area contributed by atoms with Crippen molar-refractivity contribution >= 4 is 17.4 Å². The quantitative estimate of drug-likeness (QED) is 0.156. The smallest absolute Gasteiger partial charge is 0.295 e. The van der Waals surface area contributed by atoms with Gasteiger partial charge in [-0.15, -0.1) is 0 Å². The van der Waals surface area contributed by atoms with Gasteiger partial charge in [0.15, 0.2) is 11.5 Å². The maximum atomic E-state index is 13.6. The molecule has 2 heterocycles. The lowest BCUT2D eigenvalue weighted by atomic mass is 9.94. The average Bonchev–Trinajstić information content (AvgIpc) is 3.51. The lowest BCUT2D eigenvalue weighted by Crippen LogP contribution is -2.29. The first kappa shape index (κ1) is 27.1. The van der Waals surface area contributed by atoms with E-state index in [-0.39, 0.29) is 24.0 Å². The molecule has 1 saturated heterocycles. The topological polar surface area (TPSA) is 85.3 Å². The number of ether oxygens (including phenoxy) is 3. The minimum Gasteiger partial charge on any atom is -0.507 e. The van der Waals surface area contributed by atoms with Gasteiger partial charge in [0.2, 0.25) is 0 Å². The van der Waals surface area contributed by atoms with Crippen LogP contribution < -0.4 is 14.2 Å². The first-order chi connectivity index (χ1) is 20.4. The van der Waals surface area contributed by atoms with Crippen LogP contribution in [0.15, 0.2) is 103 Å². The van der Waals surface area contributed by atoms with Crippen LogP contribution in [-0.4, -0.2) is 34.9 Å². The number of nitrogens with zero attached hydrogens (tertiary/aromatic N) is 1. The van der Waals surface area contributed by atoms with Gasteiger partial charge in [-0.3, -0.25) is 9.59 Å². The van der Waals surface area contributed by atoms with E-state index < -0.39 is 17.7 Å². The van der Waals surface area contributed by atoms with Crippen LogP contribution in [0.3, 0.4) is 0 Å². The molecule has 4 aromatic rings. The molecule has 7 heteroatoms. The summed E-state index contributed by atoms with van der Waals surface area (Å²) in [6.07, 6.45) is 0.730. The molecule has 0 spiro atoms. The number of aliphatic hydroxyl groups is 1. The second-order valence-electron chi connectivity index (χ2n) is 10.6. The van der Waals surface area contributed by atoms with Crippen LogP contribution >= 0.6 is 0 Å². The van der Waals surface area contributed by atoms with Gasteiger partial charge >= 0.3 is 0 Å². The molecular formula is C35H31NO6. The first-order valence-corrected chi connectivity index (χ1v) is 13.9. The zero-order valence-electron chi connectivity index (χ0n) is 23.4. The second kappa shape index (κ2) is 11.4. The number of hydrogen-bond acceptors (Lipinski definition) is 6. The monoisotopic (exact) mass is 561 g/mol. The Kier molecular flexibility index (Phi) is 7.40. The Morgan fingerprint density at radius 3 is 2.33 bits per heavy atom. The van der Waals surface area contributed by atoms with E-state index in [4.69, 9.17) is 14.2 Å². The van der Waals surface area contributed by atoms with Crippen LogP contribution in [-0.2, 0) is 29.2 Å². The molecule has 42 heavy (non-hydrogen) atoms. The molecule has 0 saturated carbocycles. The normalized spacial score (nSPS) is 19.0. The molecule has 0 aliphatic carbocycles. The molecule has 0 aromatic heterocycles. The Bertz CT molecular complexity index is 1660. The van der Waals surface area contributed by atoms with Crippen molar-refractivity contribution in [2.75, 3.05) is 7.11 Å². The molecule has 1 amide bonds. The summed E-state index contributed by atoms with van der Waals surface area (Å²) in [5.74, 6) is 0.111. The zero-order valence-corrected chi connectivity index (χ0v) is 23.4. The number of benzene rings is 4. The molecule has 1 fully saturated rings. The number of fused-ring (bicyclic) bond motifs is 1. The lowest BCUT2D eigenvalue weighted by Gasteiger charge is -2.26. The number of rotatable bonds is 8. The molecule has 6 rings (SSSR count). The van der Waals surface area contributed by atoms with Crippen molar-refractivity contribution in [3.8, 4) is 17.2 Å². The molecule has 1 N–H and O–H groups in total. The van der Waals surface area contributed by atoms with Crippen molar-refractivity contribution in [2.45, 2.75) is 38.6 Å². The molecule has 4 aromatic carbocycles. The fraction of sp³-hybridized carbons (Fsp3) is 0.200. The predicted octanol–water partition coefficient (Wildman–Crippen LogP) is 6.22. The Hall–Kier alpha value is -5.04. The fourth-order valence-electron chi connectivity index (χ4n) is 5.60. The van der Waals surface area contributed by atoms with Crippen LogP contribution in [0.25, 0.3) is 5.76 Å². The van der Waals surface area contributed by atoms with Crippen LogP contribution in [0.5, 0.6) is 17.2 Å². The fourth-order valence-corrected chi connectivity index (χ4v) is 5.60. The summed E-state index contributed by atoms with van der Waals surface area (Å²) in [5, 5.41) is 11.6. The van der Waals surface area contributed by atoms with Crippen LogP contribution in [0.2, 0.25) is 0 Å². The van der Waals surface area contributed by atoms with Gasteiger partial charge in [-0.2, -0.15) is 0 Å². The SMILES string of the molecule is COc1cc([C@H]2/C(=C(\O)c3ccc4c(c3)C[C@H](C)O4)C(=O)C(=O)N2Cc2ccccc2)ccc1OCc1ccccc1. The van der Waals surface area contributed by atoms with E-state index in [1.165, 1.54) is 4.90 Å². The number of likely N-dealkylation sites (tertiary alicyclic amines) is 1. The van der Waals surface area contributed by atoms with Crippen molar-refractivity contribution in [3.63, 3.8) is 0 Å². The summed E-state index contributed by atoms with van der Waals surface area (Å²) in [7, 11) is 1.54. The van der Waals surface area contributed by atoms with E-state index in [9.17, 15) is 14.7 Å². The third-order valence-electron chi connectivity index (χ3n) is 7.65. The summed E-state index contributed by atoms with van der Waals surface area (Å²) >= 11 is 0. The molecular weight excluding hydrogens is 530 g/mol. The van der Waals surface area contributed by atoms with Gasteiger partial charge in [0.1, 0.15) is 24.2 Å². The van der Waals surface area contributed by atoms with Gasteiger partial charge in [0, 0.05) is 18.5 Å². The van der Waals surface area contributed by atoms with Crippen molar-refractivity contribution < 1.29 is 28.9 Å². The van der Waals surface area contributed by atoms with Gasteiger partial charge in [0.25, 0.3) is 11.7 Å². The summed E-state index contributed by atoms with van der Waals surface area (Å²) in [6, 6.07) is 29.1. The highest BCUT2D eigenvalue weighted by Crippen LogP contribution is 2.43. The Morgan fingerprint density at radius 2 is 1.62 bits per heavy atom. The highest BCUT2D eigenvalue weighted by atomic mass is 16.5. The number of ketones is 1. The van der Waals surface area contributed by atoms with E-state index in [1.807, 2.05) is 79.7 Å². The van der Waals surface area contributed by atoms with E-state index in [0.29, 0.717) is 35.7 Å². The number of methoxy groups -OCH3 is 1. The Morgan fingerprint density at radius 1 is 0.905 bits per heavy atom. The number of carbonyl (C=O) groups excluding carboxylic acids is 2. The summed E-state index contributed by atoms with van der Waals surface area (Å²) in [6.45, 7) is 2.52. The maximum Gasteiger partial charge on any atom is 0.295 e. The van der Waals surface area contributed by atoms with Gasteiger partial charge in [-0.1, -0.05) is 66.7 Å². The molecule has 0 unspecified atom stereocenters. The van der Waals surface area contributed by atoms with Crippen LogP contribution in [0, 0.1) is 0 Å². The van der Waals surface area contributed by atoms with Gasteiger partial charge in [-0.25, -0.2) is 0 Å². The summed E-state index contributed by atoms with van der Waals surface area (Å²) in [4.78, 5) is 28.6. The standard InChI is InChI=1S/C35H31NO6/c1-22-17-27-18-26(14-15-28(27)42-22)33(37)31-32(36(35(39)34(31)38)20-23-9-5-3-6-10-23)25-13-16-29(30(19-25)40-2)41-21-24-11-7-4-8-12-24/h3-16,18-19,22,32,37H,17,20-21H2,1-2H3/b33-31+/t22-,32-/m0/s1. The highest BCUT2D eigenvalue weighted by Gasteiger charge is 2.46. The Labute approximate surface area is 244 Å². The highest BCUT2D eigenvalue weighted by molar-refractivity contribution is 6.46. The summed E-state index contributed by atoms with van der Waals surface area (Å²) in [5.41, 5.74) is 3.93. The van der Waals surface area contributed by atoms with Gasteiger partial charge in [-0.05, 0) is 59.5 Å². The Balaban J connectivity index is 1.41. The average molecular weight is 562 g/mol. The molecule has 2 aliphatic heterocycles. The van der Waals surface area contributed by atoms with E-state index in [0.717, 1.165) is 22.4 Å². The molecule has 212 valence electrons. The molecule has 2 aliphatic rings. The van der Waals surface area contributed by atoms with Crippen molar-refractivity contribution in [2.24, 2.45) is 0 Å². The first-order valence-electron chi connectivity index (χ1n) is 13.9.